The number of carbonyl (C=O) groups is 3. The first-order valence-electron chi connectivity index (χ1n) is 8.05. The van der Waals surface area contributed by atoms with Crippen LogP contribution in [0.1, 0.15) is 19.4 Å². The predicted octanol–water partition coefficient (Wildman–Crippen LogP) is 3.34. The summed E-state index contributed by atoms with van der Waals surface area (Å²) in [5, 5.41) is 17.1. The molecule has 0 saturated carbocycles. The smallest absolute Gasteiger partial charge is 0.313 e. The van der Waals surface area contributed by atoms with Crippen molar-refractivity contribution in [1.82, 2.24) is 5.32 Å². The summed E-state index contributed by atoms with van der Waals surface area (Å²) in [5.41, 5.74) is -0.900. The van der Waals surface area contributed by atoms with Crippen LogP contribution in [0.5, 0.6) is 0 Å². The maximum absolute atomic E-state index is 13.3. The normalized spacial score (nSPS) is 10.4. The Morgan fingerprint density at radius 2 is 1.86 bits per heavy atom. The van der Waals surface area contributed by atoms with Gasteiger partial charge in [0, 0.05) is 16.6 Å². The van der Waals surface area contributed by atoms with Crippen molar-refractivity contribution in [2.45, 2.75) is 6.54 Å². The van der Waals surface area contributed by atoms with E-state index in [4.69, 9.17) is 0 Å². The summed E-state index contributed by atoms with van der Waals surface area (Å²) in [6.07, 6.45) is 0. The molecule has 3 aromatic rings. The van der Waals surface area contributed by atoms with Gasteiger partial charge in [-0.25, -0.2) is 0 Å². The van der Waals surface area contributed by atoms with Crippen LogP contribution in [0.15, 0.2) is 47.8 Å². The van der Waals surface area contributed by atoms with E-state index in [0.717, 1.165) is 18.2 Å². The summed E-state index contributed by atoms with van der Waals surface area (Å²) in [6, 6.07) is 9.57. The lowest BCUT2D eigenvalue weighted by Gasteiger charge is -2.06. The number of amides is 2. The Morgan fingerprint density at radius 1 is 1.07 bits per heavy atom. The van der Waals surface area contributed by atoms with Crippen LogP contribution in [0.4, 0.5) is 15.8 Å². The molecule has 0 radical (unpaired) electrons. The predicted molar refractivity (Wildman–Crippen MR) is 106 cm³/mol. The molecule has 2 aromatic heterocycles. The molecule has 3 rings (SSSR count). The molecule has 0 saturated heterocycles. The Balaban J connectivity index is 1.57. The van der Waals surface area contributed by atoms with Gasteiger partial charge in [-0.1, -0.05) is 6.07 Å². The van der Waals surface area contributed by atoms with Crippen LogP contribution in [0, 0.1) is 15.9 Å². The van der Waals surface area contributed by atoms with Gasteiger partial charge in [0.1, 0.15) is 0 Å². The number of nitro groups is 1. The maximum atomic E-state index is 13.3. The molecule has 0 aliphatic carbocycles. The zero-order chi connectivity index (χ0) is 21.0. The quantitative estimate of drug-likeness (QED) is 0.267. The van der Waals surface area contributed by atoms with Gasteiger partial charge in [-0.15, -0.1) is 22.7 Å². The number of ketones is 1. The van der Waals surface area contributed by atoms with E-state index in [1.165, 1.54) is 22.7 Å². The monoisotopic (exact) mass is 433 g/mol. The first-order valence-corrected chi connectivity index (χ1v) is 9.75. The number of nitro benzene ring substituents is 1. The summed E-state index contributed by atoms with van der Waals surface area (Å²) < 4.78 is 13.3. The number of halogens is 1. The van der Waals surface area contributed by atoms with Crippen molar-refractivity contribution in [2.24, 2.45) is 0 Å². The fourth-order valence-electron chi connectivity index (χ4n) is 2.29. The largest absolute Gasteiger partial charge is 0.343 e. The Kier molecular flexibility index (Phi) is 6.10. The average Bonchev–Trinajstić information content (AvgIpc) is 3.39. The van der Waals surface area contributed by atoms with E-state index < -0.39 is 28.2 Å². The zero-order valence-corrected chi connectivity index (χ0v) is 16.1. The Bertz CT molecular complexity index is 1090. The summed E-state index contributed by atoms with van der Waals surface area (Å²) in [6.45, 7) is 0.0260. The maximum Gasteiger partial charge on any atom is 0.313 e. The van der Waals surface area contributed by atoms with E-state index in [9.17, 15) is 28.9 Å². The van der Waals surface area contributed by atoms with E-state index in [-0.39, 0.29) is 18.0 Å². The van der Waals surface area contributed by atoms with Crippen LogP contribution < -0.4 is 10.6 Å². The van der Waals surface area contributed by atoms with Crippen LogP contribution in [0.2, 0.25) is 0 Å². The third-order valence-corrected chi connectivity index (χ3v) is 5.61. The lowest BCUT2D eigenvalue weighted by atomic mass is 10.2. The minimum absolute atomic E-state index is 0.0260. The second kappa shape index (κ2) is 8.71. The van der Waals surface area contributed by atoms with Gasteiger partial charge in [0.15, 0.2) is 0 Å². The molecular formula is C18H12FN3O5S2. The number of nitrogens with zero attached hydrogens (tertiary/aromatic N) is 1. The molecule has 1 aromatic carbocycles. The van der Waals surface area contributed by atoms with E-state index in [1.54, 1.807) is 29.6 Å². The van der Waals surface area contributed by atoms with E-state index in [0.29, 0.717) is 14.6 Å². The zero-order valence-electron chi connectivity index (χ0n) is 14.5. The number of rotatable bonds is 6. The lowest BCUT2D eigenvalue weighted by molar-refractivity contribution is -0.387. The van der Waals surface area contributed by atoms with Gasteiger partial charge in [-0.2, -0.15) is 4.39 Å². The first-order chi connectivity index (χ1) is 13.8. The van der Waals surface area contributed by atoms with Crippen LogP contribution in [0.3, 0.4) is 0 Å². The number of nitrogens with one attached hydrogen (secondary N) is 2. The summed E-state index contributed by atoms with van der Waals surface area (Å²) >= 11 is 2.53. The Labute approximate surface area is 171 Å². The van der Waals surface area contributed by atoms with Crippen LogP contribution >= 0.6 is 22.7 Å². The molecule has 8 nitrogen and oxygen atoms in total. The van der Waals surface area contributed by atoms with Gasteiger partial charge in [-0.05, 0) is 35.7 Å². The standard InChI is InChI=1S/C18H12FN3O5S2/c19-12-5-3-10(8-13(12)22(26)27)21-18(25)17(24)20-9-11-4-6-15(29-11)16(23)14-2-1-7-28-14/h1-8H,9H2,(H,20,24)(H,21,25). The summed E-state index contributed by atoms with van der Waals surface area (Å²) in [7, 11) is 0. The highest BCUT2D eigenvalue weighted by Gasteiger charge is 2.19. The number of carbonyl (C=O) groups excluding carboxylic acids is 3. The number of anilines is 1. The van der Waals surface area contributed by atoms with Crippen molar-refractivity contribution in [3.05, 3.63) is 78.4 Å². The molecule has 2 heterocycles. The first kappa shape index (κ1) is 20.3. The van der Waals surface area contributed by atoms with Gasteiger partial charge in [0.2, 0.25) is 11.6 Å². The highest BCUT2D eigenvalue weighted by molar-refractivity contribution is 7.16. The van der Waals surface area contributed by atoms with Crippen molar-refractivity contribution in [2.75, 3.05) is 5.32 Å². The van der Waals surface area contributed by atoms with E-state index in [2.05, 4.69) is 10.6 Å². The van der Waals surface area contributed by atoms with Crippen LogP contribution in [-0.2, 0) is 16.1 Å². The summed E-state index contributed by atoms with van der Waals surface area (Å²) in [4.78, 5) is 47.7. The second-order valence-electron chi connectivity index (χ2n) is 5.63. The molecule has 148 valence electrons. The molecule has 0 unspecified atom stereocenters. The van der Waals surface area contributed by atoms with E-state index in [1.807, 2.05) is 0 Å². The fourth-order valence-corrected chi connectivity index (χ4v) is 3.93. The van der Waals surface area contributed by atoms with Gasteiger partial charge >= 0.3 is 17.5 Å². The molecule has 0 fully saturated rings. The Hall–Kier alpha value is -3.44. The van der Waals surface area contributed by atoms with Crippen molar-refractivity contribution >= 4 is 51.6 Å². The van der Waals surface area contributed by atoms with Crippen molar-refractivity contribution in [3.63, 3.8) is 0 Å². The Morgan fingerprint density at radius 3 is 2.55 bits per heavy atom. The van der Waals surface area contributed by atoms with Gasteiger partial charge in [0.25, 0.3) is 0 Å². The van der Waals surface area contributed by atoms with Crippen molar-refractivity contribution < 1.29 is 23.7 Å². The highest BCUT2D eigenvalue weighted by Crippen LogP contribution is 2.23. The number of benzene rings is 1. The van der Waals surface area contributed by atoms with Crippen LogP contribution in [0.25, 0.3) is 0 Å². The molecule has 0 aliphatic rings. The summed E-state index contributed by atoms with van der Waals surface area (Å²) in [5.74, 6) is -3.20. The third-order valence-electron chi connectivity index (χ3n) is 3.66. The van der Waals surface area contributed by atoms with E-state index >= 15 is 0 Å². The fraction of sp³-hybridized carbons (Fsp3) is 0.0556. The van der Waals surface area contributed by atoms with Crippen LogP contribution in [-0.4, -0.2) is 22.5 Å². The van der Waals surface area contributed by atoms with Gasteiger partial charge < -0.3 is 10.6 Å². The number of thiophene rings is 2. The van der Waals surface area contributed by atoms with Crippen molar-refractivity contribution in [1.29, 1.82) is 0 Å². The van der Waals surface area contributed by atoms with Crippen molar-refractivity contribution in [3.8, 4) is 0 Å². The lowest BCUT2D eigenvalue weighted by Crippen LogP contribution is -2.34. The second-order valence-corrected chi connectivity index (χ2v) is 7.75. The molecule has 0 aliphatic heterocycles. The molecule has 2 amide bonds. The van der Waals surface area contributed by atoms with Gasteiger partial charge in [-0.3, -0.25) is 24.5 Å². The number of hydrogen-bond acceptors (Lipinski definition) is 7. The average molecular weight is 433 g/mol. The SMILES string of the molecule is O=C(NCc1ccc(C(=O)c2cccs2)s1)C(=O)Nc1ccc(F)c([N+](=O)[O-])c1. The number of hydrogen-bond donors (Lipinski definition) is 2. The third kappa shape index (κ3) is 4.89. The molecular weight excluding hydrogens is 421 g/mol. The molecule has 0 spiro atoms. The molecule has 29 heavy (non-hydrogen) atoms. The van der Waals surface area contributed by atoms with Gasteiger partial charge in [0.05, 0.1) is 21.2 Å². The minimum atomic E-state index is -1.06. The minimum Gasteiger partial charge on any atom is -0.343 e. The molecule has 11 heteroatoms. The molecule has 2 N–H and O–H groups in total. The highest BCUT2D eigenvalue weighted by atomic mass is 32.1. The topological polar surface area (TPSA) is 118 Å². The molecule has 0 bridgehead atoms. The molecule has 0 atom stereocenters.